The highest BCUT2D eigenvalue weighted by atomic mass is 16.3. The zero-order valence-electron chi connectivity index (χ0n) is 13.6. The van der Waals surface area contributed by atoms with Crippen LogP contribution in [0.2, 0.25) is 0 Å². The zero-order valence-corrected chi connectivity index (χ0v) is 13.6. The fourth-order valence-corrected chi connectivity index (χ4v) is 2.90. The van der Waals surface area contributed by atoms with Gasteiger partial charge < -0.3 is 14.2 Å². The van der Waals surface area contributed by atoms with Gasteiger partial charge in [-0.3, -0.25) is 4.57 Å². The number of aromatic nitrogens is 6. The number of rotatable bonds is 4. The molecule has 0 spiro atoms. The molecule has 0 fully saturated rings. The van der Waals surface area contributed by atoms with Crippen molar-refractivity contribution in [2.24, 2.45) is 7.05 Å². The molecule has 24 heavy (non-hydrogen) atoms. The molecule has 0 bridgehead atoms. The Kier molecular flexibility index (Phi) is 3.42. The number of aryl methyl sites for hydroxylation is 1. The molecule has 1 aromatic carbocycles. The summed E-state index contributed by atoms with van der Waals surface area (Å²) < 4.78 is 5.99. The molecule has 0 amide bonds. The smallest absolute Gasteiger partial charge is 0.162 e. The SMILES string of the molecule is Cc1ncc(-c2nccn2-c2ccc3c(c2)ncn3CCO)n1C. The van der Waals surface area contributed by atoms with E-state index in [0.29, 0.717) is 6.54 Å². The largest absolute Gasteiger partial charge is 0.395 e. The van der Waals surface area contributed by atoms with Crippen LogP contribution < -0.4 is 0 Å². The van der Waals surface area contributed by atoms with E-state index in [-0.39, 0.29) is 6.61 Å². The molecule has 0 saturated carbocycles. The molecular formula is C17H18N6O. The molecule has 0 atom stereocenters. The summed E-state index contributed by atoms with van der Waals surface area (Å²) in [6, 6.07) is 6.08. The Morgan fingerprint density at radius 3 is 2.79 bits per heavy atom. The van der Waals surface area contributed by atoms with Gasteiger partial charge in [-0.2, -0.15) is 0 Å². The van der Waals surface area contributed by atoms with Crippen LogP contribution in [-0.2, 0) is 13.6 Å². The van der Waals surface area contributed by atoms with Crippen LogP contribution in [0.4, 0.5) is 0 Å². The Morgan fingerprint density at radius 1 is 1.17 bits per heavy atom. The van der Waals surface area contributed by atoms with E-state index in [1.807, 2.05) is 58.3 Å². The first-order valence-corrected chi connectivity index (χ1v) is 7.77. The number of fused-ring (bicyclic) bond motifs is 1. The van der Waals surface area contributed by atoms with Gasteiger partial charge in [-0.25, -0.2) is 15.0 Å². The van der Waals surface area contributed by atoms with E-state index in [1.165, 1.54) is 0 Å². The molecule has 0 aliphatic rings. The van der Waals surface area contributed by atoms with Crippen molar-refractivity contribution in [2.75, 3.05) is 6.61 Å². The molecular weight excluding hydrogens is 304 g/mol. The molecule has 3 heterocycles. The highest BCUT2D eigenvalue weighted by Crippen LogP contribution is 2.24. The van der Waals surface area contributed by atoms with Crippen LogP contribution in [0.1, 0.15) is 5.82 Å². The lowest BCUT2D eigenvalue weighted by Crippen LogP contribution is -2.02. The highest BCUT2D eigenvalue weighted by Gasteiger charge is 2.13. The Balaban J connectivity index is 1.81. The molecule has 4 aromatic rings. The summed E-state index contributed by atoms with van der Waals surface area (Å²) in [5, 5.41) is 9.12. The van der Waals surface area contributed by atoms with E-state index in [4.69, 9.17) is 5.11 Å². The Bertz CT molecular complexity index is 1010. The topological polar surface area (TPSA) is 73.7 Å². The van der Waals surface area contributed by atoms with Gasteiger partial charge in [0.25, 0.3) is 0 Å². The number of hydrogen-bond donors (Lipinski definition) is 1. The number of hydrogen-bond acceptors (Lipinski definition) is 4. The third-order valence-corrected chi connectivity index (χ3v) is 4.31. The zero-order chi connectivity index (χ0) is 16.7. The van der Waals surface area contributed by atoms with Crippen molar-refractivity contribution in [1.82, 2.24) is 28.7 Å². The third-order valence-electron chi connectivity index (χ3n) is 4.31. The molecule has 4 rings (SSSR count). The van der Waals surface area contributed by atoms with Gasteiger partial charge in [0, 0.05) is 31.7 Å². The van der Waals surface area contributed by atoms with E-state index < -0.39 is 0 Å². The molecule has 0 saturated heterocycles. The molecule has 122 valence electrons. The molecule has 0 aliphatic heterocycles. The first kappa shape index (κ1) is 14.6. The summed E-state index contributed by atoms with van der Waals surface area (Å²) in [5.74, 6) is 1.78. The highest BCUT2D eigenvalue weighted by molar-refractivity contribution is 5.78. The first-order chi connectivity index (χ1) is 11.7. The van der Waals surface area contributed by atoms with Crippen molar-refractivity contribution in [3.05, 3.63) is 48.9 Å². The van der Waals surface area contributed by atoms with Gasteiger partial charge >= 0.3 is 0 Å². The second kappa shape index (κ2) is 5.61. The van der Waals surface area contributed by atoms with Crippen LogP contribution in [0.5, 0.6) is 0 Å². The monoisotopic (exact) mass is 322 g/mol. The van der Waals surface area contributed by atoms with E-state index in [0.717, 1.165) is 34.1 Å². The average Bonchev–Trinajstić information content (AvgIpc) is 3.28. The van der Waals surface area contributed by atoms with Crippen molar-refractivity contribution in [2.45, 2.75) is 13.5 Å². The lowest BCUT2D eigenvalue weighted by atomic mass is 10.2. The summed E-state index contributed by atoms with van der Waals surface area (Å²) >= 11 is 0. The van der Waals surface area contributed by atoms with E-state index in [1.54, 1.807) is 12.5 Å². The summed E-state index contributed by atoms with van der Waals surface area (Å²) in [4.78, 5) is 13.3. The number of aliphatic hydroxyl groups is 1. The standard InChI is InChI=1S/C17H18N6O/c1-12-19-10-16(21(12)2)17-18-5-6-23(17)13-3-4-15-14(9-13)20-11-22(15)7-8-24/h3-6,9-11,24H,7-8H2,1-2H3. The van der Waals surface area contributed by atoms with Gasteiger partial charge in [-0.15, -0.1) is 0 Å². The maximum atomic E-state index is 9.12. The van der Waals surface area contributed by atoms with Crippen molar-refractivity contribution in [1.29, 1.82) is 0 Å². The molecule has 0 unspecified atom stereocenters. The second-order valence-corrected chi connectivity index (χ2v) is 5.71. The molecule has 7 heteroatoms. The molecule has 3 aromatic heterocycles. The molecule has 1 N–H and O–H groups in total. The fourth-order valence-electron chi connectivity index (χ4n) is 2.90. The molecule has 0 radical (unpaired) electrons. The van der Waals surface area contributed by atoms with E-state index in [9.17, 15) is 0 Å². The molecule has 0 aliphatic carbocycles. The van der Waals surface area contributed by atoms with Gasteiger partial charge in [0.1, 0.15) is 11.5 Å². The third kappa shape index (κ3) is 2.21. The van der Waals surface area contributed by atoms with Crippen molar-refractivity contribution >= 4 is 11.0 Å². The van der Waals surface area contributed by atoms with Crippen LogP contribution in [0.15, 0.2) is 43.1 Å². The van der Waals surface area contributed by atoms with Crippen molar-refractivity contribution in [3.63, 3.8) is 0 Å². The summed E-state index contributed by atoms with van der Waals surface area (Å²) in [6.07, 6.45) is 7.31. The maximum Gasteiger partial charge on any atom is 0.162 e. The van der Waals surface area contributed by atoms with Gasteiger partial charge in [-0.05, 0) is 25.1 Å². The Labute approximate surface area is 138 Å². The normalized spacial score (nSPS) is 11.5. The van der Waals surface area contributed by atoms with Crippen LogP contribution in [0.25, 0.3) is 28.2 Å². The van der Waals surface area contributed by atoms with Crippen LogP contribution in [-0.4, -0.2) is 40.4 Å². The van der Waals surface area contributed by atoms with Crippen LogP contribution in [0, 0.1) is 6.92 Å². The average molecular weight is 322 g/mol. The number of benzene rings is 1. The van der Waals surface area contributed by atoms with Gasteiger partial charge in [0.2, 0.25) is 0 Å². The van der Waals surface area contributed by atoms with Crippen LogP contribution in [0.3, 0.4) is 0 Å². The fraction of sp³-hybridized carbons (Fsp3) is 0.235. The predicted molar refractivity (Wildman–Crippen MR) is 90.9 cm³/mol. The number of imidazole rings is 3. The van der Waals surface area contributed by atoms with Crippen LogP contribution >= 0.6 is 0 Å². The lowest BCUT2D eigenvalue weighted by Gasteiger charge is -2.09. The Hall–Kier alpha value is -2.93. The predicted octanol–water partition coefficient (Wildman–Crippen LogP) is 1.92. The molecule has 7 nitrogen and oxygen atoms in total. The van der Waals surface area contributed by atoms with Crippen molar-refractivity contribution < 1.29 is 5.11 Å². The van der Waals surface area contributed by atoms with Crippen molar-refractivity contribution in [3.8, 4) is 17.2 Å². The lowest BCUT2D eigenvalue weighted by molar-refractivity contribution is 0.278. The first-order valence-electron chi connectivity index (χ1n) is 7.77. The van der Waals surface area contributed by atoms with Gasteiger partial charge in [0.05, 0.1) is 30.2 Å². The minimum Gasteiger partial charge on any atom is -0.395 e. The second-order valence-electron chi connectivity index (χ2n) is 5.71. The number of nitrogens with zero attached hydrogens (tertiary/aromatic N) is 6. The minimum atomic E-state index is 0.0960. The summed E-state index contributed by atoms with van der Waals surface area (Å²) in [5.41, 5.74) is 3.85. The van der Waals surface area contributed by atoms with Gasteiger partial charge in [-0.1, -0.05) is 0 Å². The van der Waals surface area contributed by atoms with E-state index >= 15 is 0 Å². The number of aliphatic hydroxyl groups excluding tert-OH is 1. The quantitative estimate of drug-likeness (QED) is 0.623. The summed E-state index contributed by atoms with van der Waals surface area (Å²) in [7, 11) is 1.98. The Morgan fingerprint density at radius 2 is 2.04 bits per heavy atom. The minimum absolute atomic E-state index is 0.0960. The van der Waals surface area contributed by atoms with Gasteiger partial charge in [0.15, 0.2) is 5.82 Å². The summed E-state index contributed by atoms with van der Waals surface area (Å²) in [6.45, 7) is 2.61. The van der Waals surface area contributed by atoms with E-state index in [2.05, 4.69) is 15.0 Å². The maximum absolute atomic E-state index is 9.12.